The van der Waals surface area contributed by atoms with Gasteiger partial charge in [-0.05, 0) is 80.3 Å². The molecule has 1 atom stereocenters. The van der Waals surface area contributed by atoms with Crippen LogP contribution in [0.25, 0.3) is 21.9 Å². The van der Waals surface area contributed by atoms with E-state index in [0.717, 1.165) is 109 Å². The summed E-state index contributed by atoms with van der Waals surface area (Å²) in [5.74, 6) is -0.387. The molecule has 4 heterocycles. The number of piperazine rings is 1. The first kappa shape index (κ1) is 33.2. The third kappa shape index (κ3) is 7.24. The van der Waals surface area contributed by atoms with E-state index in [4.69, 9.17) is 9.72 Å². The normalized spacial score (nSPS) is 17.0. The molecule has 0 bridgehead atoms. The summed E-state index contributed by atoms with van der Waals surface area (Å²) < 4.78 is 7.98. The molecule has 4 aromatic rings. The molecule has 1 N–H and O–H groups in total. The van der Waals surface area contributed by atoms with Crippen molar-refractivity contribution in [3.05, 3.63) is 76.5 Å². The highest BCUT2D eigenvalue weighted by Gasteiger charge is 2.35. The van der Waals surface area contributed by atoms with Crippen molar-refractivity contribution < 1.29 is 19.4 Å². The Bertz CT molecular complexity index is 1700. The average Bonchev–Trinajstić information content (AvgIpc) is 3.39. The van der Waals surface area contributed by atoms with E-state index in [2.05, 4.69) is 76.7 Å². The molecule has 0 aliphatic carbocycles. The maximum atomic E-state index is 14.2. The molecule has 2 aromatic carbocycles. The second-order valence-corrected chi connectivity index (χ2v) is 13.5. The van der Waals surface area contributed by atoms with E-state index in [1.165, 1.54) is 19.3 Å². The van der Waals surface area contributed by atoms with E-state index < -0.39 is 5.97 Å². The number of hydrogen-bond donors (Lipinski definition) is 1. The number of benzene rings is 2. The van der Waals surface area contributed by atoms with Gasteiger partial charge < -0.3 is 19.3 Å². The Labute approximate surface area is 278 Å². The molecule has 250 valence electrons. The Morgan fingerprint density at radius 1 is 0.979 bits per heavy atom. The fourth-order valence-electron chi connectivity index (χ4n) is 7.84. The van der Waals surface area contributed by atoms with Gasteiger partial charge in [0.25, 0.3) is 0 Å². The molecule has 0 radical (unpaired) electrons. The number of unbranched alkanes of at least 4 members (excludes halogenated alkanes) is 2. The summed E-state index contributed by atoms with van der Waals surface area (Å²) in [5, 5.41) is 11.6. The van der Waals surface area contributed by atoms with Crippen molar-refractivity contribution in [2.75, 3.05) is 45.9 Å². The first-order valence-corrected chi connectivity index (χ1v) is 17.6. The summed E-state index contributed by atoms with van der Waals surface area (Å²) >= 11 is 0. The molecule has 2 aliphatic rings. The average molecular weight is 639 g/mol. The van der Waals surface area contributed by atoms with Crippen LogP contribution in [0.1, 0.15) is 79.3 Å². The molecule has 2 saturated heterocycles. The SMILES string of the molecule is CCCCCN1CCN(C(=O)C(c2ccc(Cn3c4ccccc4c4c(C)c(CCC(=O)O)c(C)nc43)cc2)C2CCOCC2)CC1. The van der Waals surface area contributed by atoms with Gasteiger partial charge in [0, 0.05) is 68.8 Å². The molecule has 0 saturated carbocycles. The molecular formula is C39H50N4O4. The van der Waals surface area contributed by atoms with Crippen molar-refractivity contribution in [2.45, 2.75) is 78.2 Å². The number of carboxylic acid groups (broad SMARTS) is 1. The first-order chi connectivity index (χ1) is 22.9. The van der Waals surface area contributed by atoms with Crippen molar-refractivity contribution in [3.8, 4) is 0 Å². The summed E-state index contributed by atoms with van der Waals surface area (Å²) in [4.78, 5) is 35.2. The lowest BCUT2D eigenvalue weighted by molar-refractivity contribution is -0.137. The number of aliphatic carboxylic acids is 1. The van der Waals surface area contributed by atoms with E-state index in [1.807, 2.05) is 6.92 Å². The van der Waals surface area contributed by atoms with E-state index in [0.29, 0.717) is 13.0 Å². The molecule has 0 spiro atoms. The number of rotatable bonds is 12. The summed E-state index contributed by atoms with van der Waals surface area (Å²) in [6.45, 7) is 13.1. The Morgan fingerprint density at radius 2 is 1.70 bits per heavy atom. The van der Waals surface area contributed by atoms with Crippen LogP contribution in [0.2, 0.25) is 0 Å². The number of para-hydroxylation sites is 1. The highest BCUT2D eigenvalue weighted by Crippen LogP contribution is 2.36. The molecule has 1 unspecified atom stereocenters. The maximum absolute atomic E-state index is 14.2. The number of fused-ring (bicyclic) bond motifs is 3. The zero-order valence-corrected chi connectivity index (χ0v) is 28.3. The van der Waals surface area contributed by atoms with Gasteiger partial charge in [-0.2, -0.15) is 0 Å². The molecule has 2 fully saturated rings. The summed E-state index contributed by atoms with van der Waals surface area (Å²) in [6, 6.07) is 17.1. The van der Waals surface area contributed by atoms with Gasteiger partial charge in [-0.15, -0.1) is 0 Å². The Morgan fingerprint density at radius 3 is 2.40 bits per heavy atom. The zero-order valence-electron chi connectivity index (χ0n) is 28.3. The topological polar surface area (TPSA) is 87.9 Å². The van der Waals surface area contributed by atoms with Crippen molar-refractivity contribution >= 4 is 33.8 Å². The molecule has 47 heavy (non-hydrogen) atoms. The number of ether oxygens (including phenoxy) is 1. The van der Waals surface area contributed by atoms with Gasteiger partial charge >= 0.3 is 5.97 Å². The number of aryl methyl sites for hydroxylation is 2. The number of hydrogen-bond acceptors (Lipinski definition) is 5. The number of carbonyl (C=O) groups is 2. The first-order valence-electron chi connectivity index (χ1n) is 17.6. The maximum Gasteiger partial charge on any atom is 0.303 e. The molecule has 2 aromatic heterocycles. The Hall–Kier alpha value is -3.75. The van der Waals surface area contributed by atoms with Crippen LogP contribution in [0.3, 0.4) is 0 Å². The molecule has 8 nitrogen and oxygen atoms in total. The van der Waals surface area contributed by atoms with Gasteiger partial charge in [-0.25, -0.2) is 4.98 Å². The van der Waals surface area contributed by atoms with Gasteiger partial charge in [0.15, 0.2) is 0 Å². The number of nitrogens with zero attached hydrogens (tertiary/aromatic N) is 4. The fourth-order valence-corrected chi connectivity index (χ4v) is 7.84. The van der Waals surface area contributed by atoms with Crippen LogP contribution in [0.15, 0.2) is 48.5 Å². The lowest BCUT2D eigenvalue weighted by Crippen LogP contribution is -2.51. The fraction of sp³-hybridized carbons (Fsp3) is 0.513. The summed E-state index contributed by atoms with van der Waals surface area (Å²) in [5.41, 5.74) is 7.31. The third-order valence-corrected chi connectivity index (χ3v) is 10.5. The Balaban J connectivity index is 1.26. The van der Waals surface area contributed by atoms with Gasteiger partial charge in [-0.3, -0.25) is 14.5 Å². The number of carboxylic acids is 1. The molecule has 2 aliphatic heterocycles. The molecule has 8 heteroatoms. The van der Waals surface area contributed by atoms with E-state index in [9.17, 15) is 14.7 Å². The van der Waals surface area contributed by atoms with E-state index in [1.54, 1.807) is 0 Å². The lowest BCUT2D eigenvalue weighted by Gasteiger charge is -2.39. The largest absolute Gasteiger partial charge is 0.481 e. The molecule has 6 rings (SSSR count). The van der Waals surface area contributed by atoms with Crippen molar-refractivity contribution in [3.63, 3.8) is 0 Å². The predicted molar refractivity (Wildman–Crippen MR) is 187 cm³/mol. The summed E-state index contributed by atoms with van der Waals surface area (Å²) in [6.07, 6.45) is 6.12. The second kappa shape index (κ2) is 15.0. The van der Waals surface area contributed by atoms with E-state index in [-0.39, 0.29) is 24.2 Å². The van der Waals surface area contributed by atoms with Gasteiger partial charge in [0.2, 0.25) is 5.91 Å². The number of carbonyl (C=O) groups excluding carboxylic acids is 1. The van der Waals surface area contributed by atoms with Crippen LogP contribution in [0, 0.1) is 19.8 Å². The Kier molecular flexibility index (Phi) is 10.6. The van der Waals surface area contributed by atoms with Crippen molar-refractivity contribution in [1.82, 2.24) is 19.4 Å². The van der Waals surface area contributed by atoms with Crippen molar-refractivity contribution in [2.24, 2.45) is 5.92 Å². The number of amides is 1. The van der Waals surface area contributed by atoms with Crippen LogP contribution in [0.4, 0.5) is 0 Å². The smallest absolute Gasteiger partial charge is 0.303 e. The number of pyridine rings is 1. The van der Waals surface area contributed by atoms with Crippen LogP contribution >= 0.6 is 0 Å². The third-order valence-electron chi connectivity index (χ3n) is 10.5. The molecule has 1 amide bonds. The van der Waals surface area contributed by atoms with Crippen LogP contribution < -0.4 is 0 Å². The van der Waals surface area contributed by atoms with Crippen molar-refractivity contribution in [1.29, 1.82) is 0 Å². The monoisotopic (exact) mass is 638 g/mol. The predicted octanol–water partition coefficient (Wildman–Crippen LogP) is 6.72. The standard InChI is InChI=1S/C39H50N4O4/c1-4-5-8-19-41-20-22-42(23-21-41)39(46)37(31-17-24-47-25-18-31)30-13-11-29(12-14-30)26-43-34-10-7-6-9-33(34)36-27(2)32(15-16-35(44)45)28(3)40-38(36)43/h6-7,9-14,31,37H,4-5,8,15-26H2,1-3H3,(H,44,45). The lowest BCUT2D eigenvalue weighted by atomic mass is 9.80. The minimum atomic E-state index is -0.795. The minimum absolute atomic E-state index is 0.0898. The second-order valence-electron chi connectivity index (χ2n) is 13.5. The van der Waals surface area contributed by atoms with Crippen LogP contribution in [0.5, 0.6) is 0 Å². The van der Waals surface area contributed by atoms with Gasteiger partial charge in [0.1, 0.15) is 5.65 Å². The zero-order chi connectivity index (χ0) is 32.9. The molecular weight excluding hydrogens is 588 g/mol. The van der Waals surface area contributed by atoms with Gasteiger partial charge in [-0.1, -0.05) is 62.2 Å². The van der Waals surface area contributed by atoms with E-state index >= 15 is 0 Å². The quantitative estimate of drug-likeness (QED) is 0.174. The summed E-state index contributed by atoms with van der Waals surface area (Å²) in [7, 11) is 0. The highest BCUT2D eigenvalue weighted by molar-refractivity contribution is 6.08. The number of aromatic nitrogens is 2. The minimum Gasteiger partial charge on any atom is -0.481 e. The van der Waals surface area contributed by atoms with Gasteiger partial charge in [0.05, 0.1) is 11.4 Å². The van der Waals surface area contributed by atoms with Crippen LogP contribution in [-0.2, 0) is 27.3 Å². The highest BCUT2D eigenvalue weighted by atomic mass is 16.5. The van der Waals surface area contributed by atoms with Crippen LogP contribution in [-0.4, -0.2) is 82.3 Å².